The minimum atomic E-state index is -4.97. The van der Waals surface area contributed by atoms with E-state index in [2.05, 4.69) is 5.32 Å². The lowest BCUT2D eigenvalue weighted by Crippen LogP contribution is -2.88. The summed E-state index contributed by atoms with van der Waals surface area (Å²) in [5.74, 6) is -5.69. The maximum absolute atomic E-state index is 14.4. The summed E-state index contributed by atoms with van der Waals surface area (Å²) in [6.07, 6.45) is 0. The van der Waals surface area contributed by atoms with E-state index in [9.17, 15) is 36.9 Å². The molecule has 1 amide bonds. The van der Waals surface area contributed by atoms with E-state index in [4.69, 9.17) is 42.1 Å². The first-order valence-electron chi connectivity index (χ1n) is 20.9. The van der Waals surface area contributed by atoms with E-state index in [0.29, 0.717) is 0 Å². The Morgan fingerprint density at radius 2 is 1.02 bits per heavy atom. The van der Waals surface area contributed by atoms with Gasteiger partial charge in [-0.05, 0) is 118 Å². The van der Waals surface area contributed by atoms with E-state index in [1.165, 1.54) is 48.7 Å². The van der Waals surface area contributed by atoms with Crippen LogP contribution in [-0.2, 0) is 76.4 Å². The molecule has 366 valence electrons. The van der Waals surface area contributed by atoms with Gasteiger partial charge in [0.25, 0.3) is 0 Å². The van der Waals surface area contributed by atoms with Gasteiger partial charge < -0.3 is 43.2 Å². The number of hydrogen-bond donors (Lipinski definition) is 2. The van der Waals surface area contributed by atoms with Gasteiger partial charge in [0.1, 0.15) is 5.60 Å². The molecule has 0 aliphatic carbocycles. The van der Waals surface area contributed by atoms with Gasteiger partial charge in [0.05, 0.1) is 54.3 Å². The van der Waals surface area contributed by atoms with Gasteiger partial charge in [-0.1, -0.05) is 20.8 Å². The molecule has 18 nitrogen and oxygen atoms in total. The van der Waals surface area contributed by atoms with E-state index in [1.807, 2.05) is 0 Å². The van der Waals surface area contributed by atoms with Crippen LogP contribution in [0.25, 0.3) is 0 Å². The van der Waals surface area contributed by atoms with Crippen molar-refractivity contribution in [1.29, 1.82) is 0 Å². The molecule has 0 bridgehead atoms. The summed E-state index contributed by atoms with van der Waals surface area (Å²) >= 11 is 0. The summed E-state index contributed by atoms with van der Waals surface area (Å²) in [6, 6.07) is 0. The molecule has 4 unspecified atom stereocenters. The van der Waals surface area contributed by atoms with Gasteiger partial charge in [-0.2, -0.15) is 8.42 Å². The molecule has 9 atom stereocenters. The third-order valence-corrected chi connectivity index (χ3v) is 15.1. The van der Waals surface area contributed by atoms with Crippen molar-refractivity contribution in [2.75, 3.05) is 34.0 Å². The second-order valence-corrected chi connectivity index (χ2v) is 23.4. The lowest BCUT2D eigenvalue weighted by Gasteiger charge is -2.70. The highest BCUT2D eigenvalue weighted by Gasteiger charge is 2.83. The monoisotopic (exact) mass is 923 g/mol. The number of nitrogens with one attached hydrogen (secondary N) is 1. The zero-order valence-corrected chi connectivity index (χ0v) is 42.8. The summed E-state index contributed by atoms with van der Waals surface area (Å²) in [6.45, 7) is 31.1. The number of rotatable bonds is 13. The van der Waals surface area contributed by atoms with Gasteiger partial charge in [0.2, 0.25) is 11.5 Å². The van der Waals surface area contributed by atoms with E-state index < -0.39 is 125 Å². The molecule has 0 aromatic carbocycles. The summed E-state index contributed by atoms with van der Waals surface area (Å²) < 4.78 is 89.5. The molecule has 2 rings (SSSR count). The average Bonchev–Trinajstić information content (AvgIpc) is 3.09. The normalized spacial score (nSPS) is 37.3. The summed E-state index contributed by atoms with van der Waals surface area (Å²) in [4.78, 5) is 70.1. The maximum atomic E-state index is 14.4. The Morgan fingerprint density at radius 3 is 1.38 bits per heavy atom. The van der Waals surface area contributed by atoms with E-state index >= 15 is 0 Å². The first-order valence-corrected chi connectivity index (χ1v) is 22.3. The number of esters is 4. The Kier molecular flexibility index (Phi) is 14.9. The Hall–Kier alpha value is -2.94. The number of hydrogen-bond acceptors (Lipinski definition) is 16. The summed E-state index contributed by atoms with van der Waals surface area (Å²) in [5, 5.41) is 2.99. The van der Waals surface area contributed by atoms with E-state index in [-0.39, 0.29) is 6.61 Å². The minimum absolute atomic E-state index is 0.341. The molecule has 2 fully saturated rings. The predicted octanol–water partition coefficient (Wildman–Crippen LogP) is 5.67. The Bertz CT molecular complexity index is 1920. The Labute approximate surface area is 375 Å². The lowest BCUT2D eigenvalue weighted by atomic mass is 9.47. The average molecular weight is 924 g/mol. The van der Waals surface area contributed by atoms with Crippen LogP contribution in [-0.4, -0.2) is 122 Å². The minimum Gasteiger partial charge on any atom is -0.467 e. The van der Waals surface area contributed by atoms with Crippen LogP contribution >= 0.6 is 0 Å². The topological polar surface area (TPSA) is 235 Å². The molecule has 19 heteroatoms. The standard InChI is InChI=1S/C44H77NO17S/c1-27(46)45-40(17)36(13,35(11,12)37(14,26-57-63(51,52)53)62-44(40,21)55-23)24-56-25-38(15)41(18,58-28(47)32(2,3)4)43(20,60-30(49)34(8,9)10)42(19,59-29(48)33(5,6)7)39(16,61-38)31(50)54-22/h24-26H2,1-23H3,(H,45,46)(H,51,52,53)/t36-,37?,38?,39?,40+,41-,42-,43-,44?/m1/s1. The smallest absolute Gasteiger partial charge is 0.397 e. The molecule has 2 saturated heterocycles. The first kappa shape index (κ1) is 56.2. The quantitative estimate of drug-likeness (QED) is 0.129. The largest absolute Gasteiger partial charge is 0.467 e. The van der Waals surface area contributed by atoms with Crippen molar-refractivity contribution < 1.29 is 79.0 Å². The lowest BCUT2D eigenvalue weighted by molar-refractivity contribution is -0.409. The zero-order valence-electron chi connectivity index (χ0n) is 42.0. The number of methoxy groups -OCH3 is 2. The van der Waals surface area contributed by atoms with Crippen molar-refractivity contribution in [1.82, 2.24) is 5.32 Å². The summed E-state index contributed by atoms with van der Waals surface area (Å²) in [5.41, 5.74) is -20.5. The zero-order chi connectivity index (χ0) is 50.1. The summed E-state index contributed by atoms with van der Waals surface area (Å²) in [7, 11) is -2.53. The van der Waals surface area contributed by atoms with Crippen LogP contribution in [0.1, 0.15) is 145 Å². The second-order valence-electron chi connectivity index (χ2n) is 22.3. The van der Waals surface area contributed by atoms with Crippen LogP contribution in [0.4, 0.5) is 0 Å². The van der Waals surface area contributed by atoms with Gasteiger partial charge in [-0.25, -0.2) is 8.98 Å². The molecule has 2 heterocycles. The third kappa shape index (κ3) is 9.14. The maximum Gasteiger partial charge on any atom is 0.397 e. The fourth-order valence-electron chi connectivity index (χ4n) is 8.66. The predicted molar refractivity (Wildman–Crippen MR) is 229 cm³/mol. The van der Waals surface area contributed by atoms with Crippen LogP contribution in [0, 0.1) is 27.1 Å². The van der Waals surface area contributed by atoms with Crippen molar-refractivity contribution in [3.05, 3.63) is 0 Å². The molecule has 63 heavy (non-hydrogen) atoms. The third-order valence-electron chi connectivity index (χ3n) is 14.7. The van der Waals surface area contributed by atoms with Crippen molar-refractivity contribution in [3.63, 3.8) is 0 Å². The van der Waals surface area contributed by atoms with Crippen molar-refractivity contribution in [2.45, 2.75) is 190 Å². The molecule has 0 spiro atoms. The SMILES string of the molecule is COC(=O)C1(C)OC(C)(COC[C@]2(C)C(C)(C)C(C)(COS(=O)(=O)O)OC(C)(OC)[C@@]2(C)NC(C)=O)[C@@](C)(OC(=O)C(C)(C)C)[C@@](C)(OC(=O)C(C)(C)C)[C@]1(C)OC(=O)C(C)(C)C. The van der Waals surface area contributed by atoms with Crippen molar-refractivity contribution >= 4 is 40.2 Å². The van der Waals surface area contributed by atoms with Gasteiger partial charge in [-0.15, -0.1) is 0 Å². The van der Waals surface area contributed by atoms with Crippen LogP contribution < -0.4 is 5.32 Å². The van der Waals surface area contributed by atoms with Gasteiger partial charge in [0.15, 0.2) is 22.6 Å². The van der Waals surface area contributed by atoms with Gasteiger partial charge in [0, 0.05) is 24.9 Å². The van der Waals surface area contributed by atoms with Crippen LogP contribution in [0.2, 0.25) is 0 Å². The number of ether oxygens (including phenoxy) is 8. The molecule has 2 N–H and O–H groups in total. The van der Waals surface area contributed by atoms with Gasteiger partial charge in [-0.3, -0.25) is 23.7 Å². The number of amides is 1. The fraction of sp³-hybridized carbons (Fsp3) is 0.886. The Morgan fingerprint density at radius 1 is 0.603 bits per heavy atom. The van der Waals surface area contributed by atoms with Crippen LogP contribution in [0.5, 0.6) is 0 Å². The van der Waals surface area contributed by atoms with Crippen LogP contribution in [0.15, 0.2) is 0 Å². The highest BCUT2D eigenvalue weighted by Crippen LogP contribution is 2.64. The second kappa shape index (κ2) is 16.7. The Balaban J connectivity index is 3.18. The molecule has 0 saturated carbocycles. The first-order chi connectivity index (χ1) is 27.7. The molecule has 0 radical (unpaired) electrons. The van der Waals surface area contributed by atoms with Crippen molar-refractivity contribution in [2.24, 2.45) is 27.1 Å². The highest BCUT2D eigenvalue weighted by atomic mass is 32.3. The highest BCUT2D eigenvalue weighted by molar-refractivity contribution is 7.80. The molecule has 2 aliphatic heterocycles. The fourth-order valence-corrected chi connectivity index (χ4v) is 9.03. The van der Waals surface area contributed by atoms with Crippen molar-refractivity contribution in [3.8, 4) is 0 Å². The molecule has 0 aromatic rings. The molecule has 0 aromatic heterocycles. The van der Waals surface area contributed by atoms with E-state index in [1.54, 1.807) is 104 Å². The molecular weight excluding hydrogens is 847 g/mol. The number of carbonyl (C=O) groups is 5. The van der Waals surface area contributed by atoms with Gasteiger partial charge >= 0.3 is 34.3 Å². The van der Waals surface area contributed by atoms with E-state index in [0.717, 1.165) is 7.11 Å². The number of carbonyl (C=O) groups excluding carboxylic acids is 5. The molecule has 2 aliphatic rings. The van der Waals surface area contributed by atoms with Crippen LogP contribution in [0.3, 0.4) is 0 Å². The molecular formula is C44H77NO17S.